The lowest BCUT2D eigenvalue weighted by Gasteiger charge is -2.12. The van der Waals surface area contributed by atoms with Crippen LogP contribution >= 0.6 is 0 Å². The predicted octanol–water partition coefficient (Wildman–Crippen LogP) is 11.4. The van der Waals surface area contributed by atoms with Crippen LogP contribution in [0.2, 0.25) is 0 Å². The van der Waals surface area contributed by atoms with Gasteiger partial charge in [-0.05, 0) is 69.6 Å². The third-order valence-electron chi connectivity index (χ3n) is 9.59. The summed E-state index contributed by atoms with van der Waals surface area (Å²) >= 11 is 0. The van der Waals surface area contributed by atoms with Gasteiger partial charge in [0.2, 0.25) is 0 Å². The minimum absolute atomic E-state index is 0.687. The quantitative estimate of drug-likeness (QED) is 0.196. The van der Waals surface area contributed by atoms with Gasteiger partial charge < -0.3 is 4.40 Å². The van der Waals surface area contributed by atoms with E-state index in [2.05, 4.69) is 162 Å². The molecule has 0 aliphatic carbocycles. The number of fused-ring (bicyclic) bond motifs is 7. The molecule has 49 heavy (non-hydrogen) atoms. The van der Waals surface area contributed by atoms with Crippen LogP contribution in [0.5, 0.6) is 0 Å². The normalized spacial score (nSPS) is 11.7. The minimum Gasteiger partial charge on any atom is -0.306 e. The fraction of sp³-hybridized carbons (Fsp3) is 0. The molecule has 0 saturated carbocycles. The molecule has 7 aromatic carbocycles. The van der Waals surface area contributed by atoms with Gasteiger partial charge in [-0.1, -0.05) is 121 Å². The Labute approximate surface area is 282 Å². The molecule has 3 heterocycles. The molecular formula is C45H28N4. The molecule has 0 amide bonds. The molecule has 0 unspecified atom stereocenters. The average molecular weight is 625 g/mol. The number of aromatic nitrogens is 4. The fourth-order valence-electron chi connectivity index (χ4n) is 7.22. The molecule has 0 spiro atoms. The monoisotopic (exact) mass is 624 g/mol. The van der Waals surface area contributed by atoms with Crippen LogP contribution in [-0.4, -0.2) is 19.4 Å². The van der Waals surface area contributed by atoms with Gasteiger partial charge in [0.15, 0.2) is 5.82 Å². The molecular weight excluding hydrogens is 597 g/mol. The summed E-state index contributed by atoms with van der Waals surface area (Å²) in [6, 6.07) is 57.7. The van der Waals surface area contributed by atoms with Crippen molar-refractivity contribution in [3.05, 3.63) is 170 Å². The van der Waals surface area contributed by atoms with Gasteiger partial charge in [-0.15, -0.1) is 0 Å². The van der Waals surface area contributed by atoms with Crippen LogP contribution in [0.4, 0.5) is 0 Å². The number of hydrogen-bond donors (Lipinski definition) is 0. The van der Waals surface area contributed by atoms with Crippen LogP contribution in [0.25, 0.3) is 94.0 Å². The molecule has 228 valence electrons. The van der Waals surface area contributed by atoms with Crippen molar-refractivity contribution < 1.29 is 0 Å². The average Bonchev–Trinajstić information content (AvgIpc) is 3.52. The van der Waals surface area contributed by atoms with Gasteiger partial charge in [-0.25, -0.2) is 9.97 Å². The minimum atomic E-state index is 0.687. The second-order valence-electron chi connectivity index (χ2n) is 12.5. The molecule has 0 aliphatic rings. The van der Waals surface area contributed by atoms with Crippen LogP contribution in [-0.2, 0) is 0 Å². The van der Waals surface area contributed by atoms with E-state index in [4.69, 9.17) is 15.0 Å². The highest BCUT2D eigenvalue weighted by molar-refractivity contribution is 6.08. The Morgan fingerprint density at radius 1 is 0.388 bits per heavy atom. The van der Waals surface area contributed by atoms with Crippen molar-refractivity contribution >= 4 is 49.0 Å². The van der Waals surface area contributed by atoms with Crippen molar-refractivity contribution in [1.29, 1.82) is 0 Å². The molecule has 10 rings (SSSR count). The van der Waals surface area contributed by atoms with E-state index in [0.717, 1.165) is 61.3 Å². The van der Waals surface area contributed by atoms with Crippen LogP contribution < -0.4 is 0 Å². The van der Waals surface area contributed by atoms with Crippen LogP contribution in [0, 0.1) is 0 Å². The lowest BCUT2D eigenvalue weighted by Crippen LogP contribution is -1.96. The molecule has 0 fully saturated rings. The van der Waals surface area contributed by atoms with E-state index in [1.54, 1.807) is 0 Å². The second kappa shape index (κ2) is 11.0. The van der Waals surface area contributed by atoms with E-state index in [9.17, 15) is 0 Å². The molecule has 4 heteroatoms. The van der Waals surface area contributed by atoms with Gasteiger partial charge in [0.1, 0.15) is 0 Å². The van der Waals surface area contributed by atoms with Gasteiger partial charge in [-0.3, -0.25) is 4.98 Å². The Hall–Kier alpha value is -6.65. The Morgan fingerprint density at radius 3 is 1.69 bits per heavy atom. The number of rotatable bonds is 4. The first-order chi connectivity index (χ1) is 24.3. The van der Waals surface area contributed by atoms with E-state index in [1.165, 1.54) is 26.9 Å². The van der Waals surface area contributed by atoms with E-state index in [0.29, 0.717) is 5.82 Å². The molecule has 0 saturated heterocycles. The summed E-state index contributed by atoms with van der Waals surface area (Å²) in [5, 5.41) is 5.96. The summed E-state index contributed by atoms with van der Waals surface area (Å²) in [5.41, 5.74) is 11.4. The Kier molecular flexibility index (Phi) is 6.15. The van der Waals surface area contributed by atoms with Gasteiger partial charge in [0, 0.05) is 27.6 Å². The van der Waals surface area contributed by atoms with Crippen molar-refractivity contribution in [2.45, 2.75) is 0 Å². The largest absolute Gasteiger partial charge is 0.306 e. The van der Waals surface area contributed by atoms with E-state index in [1.807, 2.05) is 12.3 Å². The van der Waals surface area contributed by atoms with Crippen LogP contribution in [0.1, 0.15) is 0 Å². The van der Waals surface area contributed by atoms with Crippen LogP contribution in [0.15, 0.2) is 170 Å². The highest BCUT2D eigenvalue weighted by Crippen LogP contribution is 2.39. The topological polar surface area (TPSA) is 43.1 Å². The first-order valence-electron chi connectivity index (χ1n) is 16.5. The van der Waals surface area contributed by atoms with Crippen molar-refractivity contribution in [3.8, 4) is 45.0 Å². The number of nitrogens with zero attached hydrogens (tertiary/aromatic N) is 4. The number of para-hydroxylation sites is 3. The molecule has 0 aliphatic heterocycles. The van der Waals surface area contributed by atoms with E-state index >= 15 is 0 Å². The lowest BCUT2D eigenvalue weighted by molar-refractivity contribution is 1.18. The van der Waals surface area contributed by atoms with Gasteiger partial charge in [0.25, 0.3) is 0 Å². The Bertz CT molecular complexity index is 2800. The maximum absolute atomic E-state index is 5.23. The maximum atomic E-state index is 5.23. The van der Waals surface area contributed by atoms with Crippen molar-refractivity contribution in [2.75, 3.05) is 0 Å². The Balaban J connectivity index is 1.19. The molecule has 3 aromatic heterocycles. The second-order valence-corrected chi connectivity index (χ2v) is 12.5. The first-order valence-corrected chi connectivity index (χ1v) is 16.5. The SMILES string of the molecule is c1cc(-c2nc(-c3ccc4ccccc4c3)cc(-c3ccc4ccccc4c3)n2)cc(-c2c3ccccc3n3c2cnc2ccccc23)c1. The molecule has 10 aromatic rings. The Morgan fingerprint density at radius 2 is 0.980 bits per heavy atom. The van der Waals surface area contributed by atoms with Gasteiger partial charge in [0.05, 0.1) is 39.7 Å². The molecule has 0 atom stereocenters. The summed E-state index contributed by atoms with van der Waals surface area (Å²) in [7, 11) is 0. The van der Waals surface area contributed by atoms with E-state index in [-0.39, 0.29) is 0 Å². The third-order valence-corrected chi connectivity index (χ3v) is 9.59. The summed E-state index contributed by atoms with van der Waals surface area (Å²) in [4.78, 5) is 15.3. The van der Waals surface area contributed by atoms with Crippen molar-refractivity contribution in [1.82, 2.24) is 19.4 Å². The highest BCUT2D eigenvalue weighted by Gasteiger charge is 2.18. The molecule has 4 nitrogen and oxygen atoms in total. The fourth-order valence-corrected chi connectivity index (χ4v) is 7.22. The first kappa shape index (κ1) is 27.5. The maximum Gasteiger partial charge on any atom is 0.160 e. The van der Waals surface area contributed by atoms with Crippen LogP contribution in [0.3, 0.4) is 0 Å². The van der Waals surface area contributed by atoms with E-state index < -0.39 is 0 Å². The molecule has 0 radical (unpaired) electrons. The van der Waals surface area contributed by atoms with Gasteiger partial charge >= 0.3 is 0 Å². The standard InChI is InChI=1S/C45H28N4/c1-3-12-31-24-33(22-20-29(31)10-1)39-27-40(34-23-21-30-11-2-4-13-32(30)25-34)48-45(47-39)36-15-9-14-35(26-36)44-37-16-5-7-18-41(37)49-42-19-8-6-17-38(42)46-28-43(44)49/h1-28H. The predicted molar refractivity (Wildman–Crippen MR) is 203 cm³/mol. The van der Waals surface area contributed by atoms with Crippen molar-refractivity contribution in [3.63, 3.8) is 0 Å². The smallest absolute Gasteiger partial charge is 0.160 e. The highest BCUT2D eigenvalue weighted by atomic mass is 14.9. The van der Waals surface area contributed by atoms with Crippen molar-refractivity contribution in [2.24, 2.45) is 0 Å². The summed E-state index contributed by atoms with van der Waals surface area (Å²) < 4.78 is 2.33. The lowest BCUT2D eigenvalue weighted by atomic mass is 9.99. The zero-order valence-electron chi connectivity index (χ0n) is 26.5. The summed E-state index contributed by atoms with van der Waals surface area (Å²) in [6.45, 7) is 0. The zero-order valence-corrected chi connectivity index (χ0v) is 26.5. The summed E-state index contributed by atoms with van der Waals surface area (Å²) in [5.74, 6) is 0.687. The molecule has 0 N–H and O–H groups in total. The third kappa shape index (κ3) is 4.57. The summed E-state index contributed by atoms with van der Waals surface area (Å²) in [6.07, 6.45) is 2.00. The zero-order chi connectivity index (χ0) is 32.3. The number of benzene rings is 7. The number of hydrogen-bond acceptors (Lipinski definition) is 3. The van der Waals surface area contributed by atoms with Gasteiger partial charge in [-0.2, -0.15) is 0 Å². The molecule has 0 bridgehead atoms.